The molecule has 5 nitrogen and oxygen atoms in total. The molecule has 2 N–H and O–H groups in total. The highest BCUT2D eigenvalue weighted by molar-refractivity contribution is 5.75. The van der Waals surface area contributed by atoms with Crippen LogP contribution in [0.25, 0.3) is 11.1 Å². The molecule has 5 heteroatoms. The zero-order valence-electron chi connectivity index (χ0n) is 16.0. The van der Waals surface area contributed by atoms with Crippen LogP contribution in [0.2, 0.25) is 0 Å². The van der Waals surface area contributed by atoms with E-state index in [0.29, 0.717) is 12.5 Å². The zero-order chi connectivity index (χ0) is 19.2. The molecule has 144 valence electrons. The highest BCUT2D eigenvalue weighted by Crippen LogP contribution is 2.21. The first-order valence-corrected chi connectivity index (χ1v) is 9.93. The van der Waals surface area contributed by atoms with Gasteiger partial charge in [0.05, 0.1) is 5.69 Å². The third-order valence-corrected chi connectivity index (χ3v) is 5.23. The lowest BCUT2D eigenvalue weighted by molar-refractivity contribution is -0.122. The van der Waals surface area contributed by atoms with Crippen molar-refractivity contribution in [2.75, 3.05) is 13.1 Å². The quantitative estimate of drug-likeness (QED) is 0.696. The summed E-state index contributed by atoms with van der Waals surface area (Å²) in [7, 11) is 0. The Balaban J connectivity index is 1.28. The molecule has 28 heavy (non-hydrogen) atoms. The molecule has 1 fully saturated rings. The van der Waals surface area contributed by atoms with Crippen molar-refractivity contribution in [2.45, 2.75) is 31.8 Å². The van der Waals surface area contributed by atoms with Gasteiger partial charge in [-0.2, -0.15) is 5.10 Å². The van der Waals surface area contributed by atoms with Gasteiger partial charge < -0.3 is 10.6 Å². The lowest BCUT2D eigenvalue weighted by atomic mass is 9.97. The van der Waals surface area contributed by atoms with E-state index in [-0.39, 0.29) is 12.5 Å². The van der Waals surface area contributed by atoms with Gasteiger partial charge in [0.25, 0.3) is 0 Å². The summed E-state index contributed by atoms with van der Waals surface area (Å²) in [5.74, 6) is 0.435. The summed E-state index contributed by atoms with van der Waals surface area (Å²) in [6, 6.07) is 20.6. The summed E-state index contributed by atoms with van der Waals surface area (Å²) in [6.45, 7) is 2.84. The van der Waals surface area contributed by atoms with Crippen LogP contribution in [0.15, 0.2) is 66.9 Å². The first kappa shape index (κ1) is 18.4. The molecular weight excluding hydrogens is 348 g/mol. The van der Waals surface area contributed by atoms with E-state index in [2.05, 4.69) is 52.1 Å². The van der Waals surface area contributed by atoms with Crippen LogP contribution in [-0.2, 0) is 17.9 Å². The van der Waals surface area contributed by atoms with Crippen molar-refractivity contribution in [1.29, 1.82) is 0 Å². The van der Waals surface area contributed by atoms with Crippen LogP contribution in [0.1, 0.15) is 30.0 Å². The Kier molecular flexibility index (Phi) is 5.83. The summed E-state index contributed by atoms with van der Waals surface area (Å²) in [4.78, 5) is 12.3. The number of hydrogen-bond acceptors (Lipinski definition) is 3. The highest BCUT2D eigenvalue weighted by Gasteiger charge is 2.17. The molecule has 1 aliphatic rings. The summed E-state index contributed by atoms with van der Waals surface area (Å²) in [6.07, 6.45) is 4.24. The average molecular weight is 374 g/mol. The summed E-state index contributed by atoms with van der Waals surface area (Å²) < 4.78 is 1.73. The molecule has 1 saturated heterocycles. The van der Waals surface area contributed by atoms with Crippen molar-refractivity contribution in [1.82, 2.24) is 20.4 Å². The Morgan fingerprint density at radius 1 is 1.07 bits per heavy atom. The number of carbonyl (C=O) groups is 1. The Bertz CT molecular complexity index is 896. The number of amides is 1. The Hall–Kier alpha value is -2.92. The second-order valence-electron chi connectivity index (χ2n) is 7.32. The molecule has 0 bridgehead atoms. The number of nitrogens with zero attached hydrogens (tertiary/aromatic N) is 2. The van der Waals surface area contributed by atoms with Crippen molar-refractivity contribution in [2.24, 2.45) is 0 Å². The zero-order valence-corrected chi connectivity index (χ0v) is 16.0. The smallest absolute Gasteiger partial charge is 0.241 e. The fourth-order valence-electron chi connectivity index (χ4n) is 3.64. The van der Waals surface area contributed by atoms with E-state index >= 15 is 0 Å². The van der Waals surface area contributed by atoms with Crippen LogP contribution in [0.5, 0.6) is 0 Å². The van der Waals surface area contributed by atoms with Gasteiger partial charge in [0.2, 0.25) is 5.91 Å². The fourth-order valence-corrected chi connectivity index (χ4v) is 3.64. The molecule has 3 aromatic rings. The molecule has 1 aliphatic heterocycles. The largest absolute Gasteiger partial charge is 0.350 e. The predicted molar refractivity (Wildman–Crippen MR) is 111 cm³/mol. The van der Waals surface area contributed by atoms with Gasteiger partial charge >= 0.3 is 0 Å². The topological polar surface area (TPSA) is 59.0 Å². The van der Waals surface area contributed by atoms with Crippen LogP contribution >= 0.6 is 0 Å². The van der Waals surface area contributed by atoms with Crippen LogP contribution in [-0.4, -0.2) is 28.8 Å². The maximum absolute atomic E-state index is 12.3. The van der Waals surface area contributed by atoms with E-state index in [1.54, 1.807) is 4.68 Å². The highest BCUT2D eigenvalue weighted by atomic mass is 16.2. The first-order chi connectivity index (χ1) is 13.8. The fraction of sp³-hybridized carbons (Fsp3) is 0.304. The minimum atomic E-state index is -0.0245. The second-order valence-corrected chi connectivity index (χ2v) is 7.32. The number of piperidine rings is 1. The predicted octanol–water partition coefficient (Wildman–Crippen LogP) is 3.33. The molecule has 2 heterocycles. The van der Waals surface area contributed by atoms with Gasteiger partial charge in [-0.15, -0.1) is 0 Å². The number of nitrogens with one attached hydrogen (secondary N) is 2. The van der Waals surface area contributed by atoms with E-state index < -0.39 is 0 Å². The lowest BCUT2D eigenvalue weighted by Crippen LogP contribution is -2.29. The SMILES string of the molecule is O=C(Cn1ccc([C@H]2CCCNC2)n1)NCc1ccc(-c2ccccc2)cc1. The first-order valence-electron chi connectivity index (χ1n) is 9.93. The summed E-state index contributed by atoms with van der Waals surface area (Å²) in [5.41, 5.74) is 4.54. The van der Waals surface area contributed by atoms with Crippen LogP contribution in [0.4, 0.5) is 0 Å². The van der Waals surface area contributed by atoms with Gasteiger partial charge in [-0.05, 0) is 42.1 Å². The number of rotatable bonds is 6. The van der Waals surface area contributed by atoms with Gasteiger partial charge in [0.1, 0.15) is 6.54 Å². The second kappa shape index (κ2) is 8.85. The van der Waals surface area contributed by atoms with Gasteiger partial charge in [-0.1, -0.05) is 54.6 Å². The number of carbonyl (C=O) groups excluding carboxylic acids is 1. The number of aromatic nitrogens is 2. The standard InChI is InChI=1S/C23H26N4O/c28-23(17-27-14-12-22(26-27)21-7-4-13-24-16-21)25-15-18-8-10-20(11-9-18)19-5-2-1-3-6-19/h1-3,5-6,8-12,14,21,24H,4,7,13,15-17H2,(H,25,28)/t21-/m0/s1. The minimum absolute atomic E-state index is 0.0245. The van der Waals surface area contributed by atoms with Crippen LogP contribution in [0, 0.1) is 0 Å². The molecular formula is C23H26N4O. The monoisotopic (exact) mass is 374 g/mol. The van der Waals surface area contributed by atoms with Crippen molar-refractivity contribution in [3.8, 4) is 11.1 Å². The van der Waals surface area contributed by atoms with Gasteiger partial charge in [-0.25, -0.2) is 0 Å². The molecule has 1 amide bonds. The molecule has 1 atom stereocenters. The van der Waals surface area contributed by atoms with Gasteiger partial charge in [0, 0.05) is 25.2 Å². The molecule has 0 aliphatic carbocycles. The third-order valence-electron chi connectivity index (χ3n) is 5.23. The number of benzene rings is 2. The molecule has 0 unspecified atom stereocenters. The molecule has 0 saturated carbocycles. The van der Waals surface area contributed by atoms with E-state index in [1.807, 2.05) is 30.5 Å². The summed E-state index contributed by atoms with van der Waals surface area (Å²) >= 11 is 0. The molecule has 4 rings (SSSR count). The molecule has 0 spiro atoms. The Morgan fingerprint density at radius 3 is 2.61 bits per heavy atom. The molecule has 0 radical (unpaired) electrons. The van der Waals surface area contributed by atoms with Gasteiger partial charge in [0.15, 0.2) is 0 Å². The Labute approximate surface area is 165 Å². The van der Waals surface area contributed by atoms with Crippen LogP contribution in [0.3, 0.4) is 0 Å². The number of hydrogen-bond donors (Lipinski definition) is 2. The third kappa shape index (κ3) is 4.67. The van der Waals surface area contributed by atoms with E-state index in [9.17, 15) is 4.79 Å². The Morgan fingerprint density at radius 2 is 1.86 bits per heavy atom. The lowest BCUT2D eigenvalue weighted by Gasteiger charge is -2.20. The maximum Gasteiger partial charge on any atom is 0.241 e. The summed E-state index contributed by atoms with van der Waals surface area (Å²) in [5, 5.41) is 11.0. The maximum atomic E-state index is 12.3. The van der Waals surface area contributed by atoms with Crippen molar-refractivity contribution in [3.05, 3.63) is 78.1 Å². The van der Waals surface area contributed by atoms with E-state index in [1.165, 1.54) is 17.5 Å². The van der Waals surface area contributed by atoms with Crippen molar-refractivity contribution in [3.63, 3.8) is 0 Å². The average Bonchev–Trinajstić information content (AvgIpc) is 3.22. The molecule has 1 aromatic heterocycles. The molecule has 2 aromatic carbocycles. The van der Waals surface area contributed by atoms with Gasteiger partial charge in [-0.3, -0.25) is 9.48 Å². The van der Waals surface area contributed by atoms with Crippen LogP contribution < -0.4 is 10.6 Å². The van der Waals surface area contributed by atoms with Crippen molar-refractivity contribution >= 4 is 5.91 Å². The normalized spacial score (nSPS) is 16.6. The van der Waals surface area contributed by atoms with E-state index in [0.717, 1.165) is 30.8 Å². The van der Waals surface area contributed by atoms with E-state index in [4.69, 9.17) is 0 Å². The van der Waals surface area contributed by atoms with Crippen molar-refractivity contribution < 1.29 is 4.79 Å². The minimum Gasteiger partial charge on any atom is -0.350 e.